The fourth-order valence-corrected chi connectivity index (χ4v) is 2.69. The molecule has 0 radical (unpaired) electrons. The third kappa shape index (κ3) is 3.88. The molecular weight excluding hydrogens is 367 g/mol. The summed E-state index contributed by atoms with van der Waals surface area (Å²) in [5.41, 5.74) is 0.190. The van der Waals surface area contributed by atoms with Crippen molar-refractivity contribution in [2.45, 2.75) is 12.7 Å². The Hall–Kier alpha value is -2.80. The molecule has 0 bridgehead atoms. The van der Waals surface area contributed by atoms with Gasteiger partial charge in [-0.1, -0.05) is 17.7 Å². The highest BCUT2D eigenvalue weighted by molar-refractivity contribution is 6.31. The summed E-state index contributed by atoms with van der Waals surface area (Å²) in [5, 5.41) is 3.05. The number of hydrogen-bond donors (Lipinski definition) is 1. The first-order valence-corrected chi connectivity index (χ1v) is 7.96. The van der Waals surface area contributed by atoms with Gasteiger partial charge in [-0.15, -0.1) is 0 Å². The van der Waals surface area contributed by atoms with Gasteiger partial charge in [-0.2, -0.15) is 13.2 Å². The first kappa shape index (κ1) is 18.0. The van der Waals surface area contributed by atoms with E-state index in [2.05, 4.69) is 10.3 Å². The molecule has 0 fully saturated rings. The molecule has 0 unspecified atom stereocenters. The molecule has 0 aliphatic carbocycles. The molecule has 0 atom stereocenters. The van der Waals surface area contributed by atoms with Crippen LogP contribution in [0.1, 0.15) is 21.6 Å². The van der Waals surface area contributed by atoms with Crippen LogP contribution in [0.3, 0.4) is 0 Å². The average Bonchev–Trinajstić information content (AvgIpc) is 3.14. The lowest BCUT2D eigenvalue weighted by atomic mass is 10.1. The number of pyridine rings is 1. The number of rotatable bonds is 4. The molecule has 0 aliphatic rings. The summed E-state index contributed by atoms with van der Waals surface area (Å²) < 4.78 is 40.0. The Morgan fingerprint density at radius 2 is 1.88 bits per heavy atom. The van der Waals surface area contributed by atoms with E-state index in [0.717, 1.165) is 18.0 Å². The third-order valence-corrected chi connectivity index (χ3v) is 4.07. The number of carbonyl (C=O) groups excluding carboxylic acids is 1. The summed E-state index contributed by atoms with van der Waals surface area (Å²) in [6.45, 7) is 0.0652. The summed E-state index contributed by atoms with van der Waals surface area (Å²) in [4.78, 5) is 15.5. The van der Waals surface area contributed by atoms with Gasteiger partial charge in [-0.25, -0.2) is 0 Å². The predicted molar refractivity (Wildman–Crippen MR) is 91.2 cm³/mol. The van der Waals surface area contributed by atoms with Crippen molar-refractivity contribution < 1.29 is 18.0 Å². The summed E-state index contributed by atoms with van der Waals surface area (Å²) in [6, 6.07) is 10.9. The number of aromatic nitrogens is 2. The van der Waals surface area contributed by atoms with Gasteiger partial charge in [-0.05, 0) is 36.4 Å². The maximum absolute atomic E-state index is 12.7. The standard InChI is InChI=1S/C18H13ClF3N3O/c19-14-4-3-5-15(25-8-1-2-9-25)13(14)11-24-17(26)12-6-7-23-16(10-12)18(20,21)22/h1-10H,11H2,(H,24,26). The van der Waals surface area contributed by atoms with Crippen LogP contribution in [0, 0.1) is 0 Å². The predicted octanol–water partition coefficient (Wildman–Crippen LogP) is 4.47. The molecule has 0 saturated carbocycles. The third-order valence-electron chi connectivity index (χ3n) is 3.72. The van der Waals surface area contributed by atoms with E-state index in [-0.39, 0.29) is 12.1 Å². The molecular formula is C18H13ClF3N3O. The van der Waals surface area contributed by atoms with Crippen molar-refractivity contribution in [1.82, 2.24) is 14.9 Å². The molecule has 1 aromatic carbocycles. The van der Waals surface area contributed by atoms with Crippen LogP contribution < -0.4 is 5.32 Å². The van der Waals surface area contributed by atoms with Crippen LogP contribution in [0.2, 0.25) is 5.02 Å². The van der Waals surface area contributed by atoms with Gasteiger partial charge in [0.15, 0.2) is 0 Å². The van der Waals surface area contributed by atoms with Crippen LogP contribution in [-0.4, -0.2) is 15.5 Å². The van der Waals surface area contributed by atoms with Gasteiger partial charge in [-0.3, -0.25) is 9.78 Å². The average molecular weight is 380 g/mol. The number of nitrogens with zero attached hydrogens (tertiary/aromatic N) is 2. The molecule has 0 saturated heterocycles. The van der Waals surface area contributed by atoms with Gasteiger partial charge in [0.25, 0.3) is 5.91 Å². The van der Waals surface area contributed by atoms with Gasteiger partial charge >= 0.3 is 6.18 Å². The van der Waals surface area contributed by atoms with Crippen molar-refractivity contribution in [3.8, 4) is 5.69 Å². The van der Waals surface area contributed by atoms with Gasteiger partial charge < -0.3 is 9.88 Å². The molecule has 0 spiro atoms. The van der Waals surface area contributed by atoms with Crippen molar-refractivity contribution in [2.75, 3.05) is 0 Å². The largest absolute Gasteiger partial charge is 0.433 e. The van der Waals surface area contributed by atoms with E-state index in [1.54, 1.807) is 12.1 Å². The van der Waals surface area contributed by atoms with Crippen LogP contribution in [0.25, 0.3) is 5.69 Å². The van der Waals surface area contributed by atoms with Crippen molar-refractivity contribution in [3.05, 3.63) is 82.9 Å². The Bertz CT molecular complexity index is 924. The fourth-order valence-electron chi connectivity index (χ4n) is 2.46. The van der Waals surface area contributed by atoms with E-state index in [0.29, 0.717) is 10.6 Å². The number of carbonyl (C=O) groups is 1. The second kappa shape index (κ2) is 7.21. The molecule has 3 aromatic rings. The van der Waals surface area contributed by atoms with Crippen LogP contribution in [0.4, 0.5) is 13.2 Å². The monoisotopic (exact) mass is 379 g/mol. The summed E-state index contributed by atoms with van der Waals surface area (Å²) in [7, 11) is 0. The molecule has 2 aromatic heterocycles. The zero-order chi connectivity index (χ0) is 18.7. The Balaban J connectivity index is 1.81. The minimum absolute atomic E-state index is 0.0652. The van der Waals surface area contributed by atoms with Crippen LogP contribution >= 0.6 is 11.6 Å². The van der Waals surface area contributed by atoms with Crippen LogP contribution in [0.5, 0.6) is 0 Å². The van der Waals surface area contributed by atoms with Crippen molar-refractivity contribution in [3.63, 3.8) is 0 Å². The van der Waals surface area contributed by atoms with Crippen molar-refractivity contribution >= 4 is 17.5 Å². The van der Waals surface area contributed by atoms with E-state index in [4.69, 9.17) is 11.6 Å². The molecule has 26 heavy (non-hydrogen) atoms. The van der Waals surface area contributed by atoms with E-state index < -0.39 is 17.8 Å². The summed E-state index contributed by atoms with van der Waals surface area (Å²) in [6.07, 6.45) is 0.00398. The zero-order valence-electron chi connectivity index (χ0n) is 13.3. The molecule has 1 amide bonds. The van der Waals surface area contributed by atoms with Crippen LogP contribution in [-0.2, 0) is 12.7 Å². The minimum atomic E-state index is -4.61. The lowest BCUT2D eigenvalue weighted by Crippen LogP contribution is -2.24. The zero-order valence-corrected chi connectivity index (χ0v) is 14.1. The maximum atomic E-state index is 12.7. The highest BCUT2D eigenvalue weighted by atomic mass is 35.5. The highest BCUT2D eigenvalue weighted by Crippen LogP contribution is 2.28. The molecule has 4 nitrogen and oxygen atoms in total. The molecule has 3 rings (SSSR count). The SMILES string of the molecule is O=C(NCc1c(Cl)cccc1-n1cccc1)c1ccnc(C(F)(F)F)c1. The Kier molecular flexibility index (Phi) is 4.99. The Morgan fingerprint density at radius 1 is 1.15 bits per heavy atom. The highest BCUT2D eigenvalue weighted by Gasteiger charge is 2.32. The smallest absolute Gasteiger partial charge is 0.348 e. The first-order chi connectivity index (χ1) is 12.4. The number of hydrogen-bond acceptors (Lipinski definition) is 2. The normalized spacial score (nSPS) is 11.4. The Labute approximate surface area is 152 Å². The molecule has 0 aliphatic heterocycles. The van der Waals surface area contributed by atoms with Gasteiger partial charge in [0, 0.05) is 41.3 Å². The molecule has 134 valence electrons. The van der Waals surface area contributed by atoms with E-state index >= 15 is 0 Å². The lowest BCUT2D eigenvalue weighted by Gasteiger charge is -2.14. The second-order valence-corrected chi connectivity index (χ2v) is 5.85. The van der Waals surface area contributed by atoms with Crippen molar-refractivity contribution in [2.24, 2.45) is 0 Å². The minimum Gasteiger partial charge on any atom is -0.348 e. The van der Waals surface area contributed by atoms with Gasteiger partial charge in [0.2, 0.25) is 0 Å². The van der Waals surface area contributed by atoms with Crippen molar-refractivity contribution in [1.29, 1.82) is 0 Å². The molecule has 2 heterocycles. The fraction of sp³-hybridized carbons (Fsp3) is 0.111. The topological polar surface area (TPSA) is 46.9 Å². The molecule has 8 heteroatoms. The Morgan fingerprint density at radius 3 is 2.58 bits per heavy atom. The molecule has 1 N–H and O–H groups in total. The number of nitrogens with one attached hydrogen (secondary N) is 1. The number of amides is 1. The van der Waals surface area contributed by atoms with Gasteiger partial charge in [0.05, 0.1) is 5.69 Å². The van der Waals surface area contributed by atoms with E-state index in [1.807, 2.05) is 35.2 Å². The second-order valence-electron chi connectivity index (χ2n) is 5.44. The number of halogens is 4. The van der Waals surface area contributed by atoms with Crippen LogP contribution in [0.15, 0.2) is 61.1 Å². The maximum Gasteiger partial charge on any atom is 0.433 e. The quantitative estimate of drug-likeness (QED) is 0.726. The van der Waals surface area contributed by atoms with Gasteiger partial charge in [0.1, 0.15) is 5.69 Å². The summed E-state index contributed by atoms with van der Waals surface area (Å²) >= 11 is 6.24. The number of benzene rings is 1. The van der Waals surface area contributed by atoms with E-state index in [9.17, 15) is 18.0 Å². The number of alkyl halides is 3. The lowest BCUT2D eigenvalue weighted by molar-refractivity contribution is -0.141. The van der Waals surface area contributed by atoms with E-state index in [1.165, 1.54) is 6.07 Å². The summed E-state index contributed by atoms with van der Waals surface area (Å²) in [5.74, 6) is -0.642. The first-order valence-electron chi connectivity index (χ1n) is 7.58.